The molecule has 6 aromatic rings. The van der Waals surface area contributed by atoms with Crippen LogP contribution in [0, 0.1) is 26.7 Å². The van der Waals surface area contributed by atoms with E-state index in [1.807, 2.05) is 19.1 Å². The summed E-state index contributed by atoms with van der Waals surface area (Å²) in [4.78, 5) is 14.1. The fourth-order valence-corrected chi connectivity index (χ4v) is 12.7. The van der Waals surface area contributed by atoms with Crippen molar-refractivity contribution in [1.82, 2.24) is 24.6 Å². The van der Waals surface area contributed by atoms with Crippen LogP contribution in [0.1, 0.15) is 111 Å². The van der Waals surface area contributed by atoms with Crippen molar-refractivity contribution < 1.29 is 10.2 Å². The molecule has 3 saturated heterocycles. The lowest BCUT2D eigenvalue weighted by Crippen LogP contribution is -2.57. The number of benzene rings is 4. The number of thiophene rings is 1. The Morgan fingerprint density at radius 3 is 2.27 bits per heavy atom. The van der Waals surface area contributed by atoms with Crippen molar-refractivity contribution in [2.45, 2.75) is 82.8 Å². The Hall–Kier alpha value is -5.13. The predicted molar refractivity (Wildman–Crippen MR) is 253 cm³/mol. The van der Waals surface area contributed by atoms with Gasteiger partial charge in [-0.15, -0.1) is 21.5 Å². The lowest BCUT2D eigenvalue weighted by Gasteiger charge is -2.48. The number of aliphatic imine (C=N–C) groups is 1. The van der Waals surface area contributed by atoms with E-state index in [1.54, 1.807) is 11.3 Å². The predicted octanol–water partition coefficient (Wildman–Crippen LogP) is 9.10. The van der Waals surface area contributed by atoms with E-state index >= 15 is 0 Å². The third kappa shape index (κ3) is 7.52. The minimum atomic E-state index is -0.607. The Kier molecular flexibility index (Phi) is 10.4. The fraction of sp³-hybridized carbons (Fsp3) is 0.415. The summed E-state index contributed by atoms with van der Waals surface area (Å²) in [6.45, 7) is 16.5. The van der Waals surface area contributed by atoms with Crippen molar-refractivity contribution in [3.63, 3.8) is 0 Å². The normalized spacial score (nSPS) is 22.7. The van der Waals surface area contributed by atoms with Gasteiger partial charge >= 0.3 is 0 Å². The molecule has 0 spiro atoms. The standard InChI is InChI=1S/C53H59N7O2S/c1-33-35(3)63-52-48(33)50(54-34(2)51-56-55-36(4)60(51)52)41-14-17-44(18-15-41)59-28-37(29-59)27-57-24-22-53(62,23-25-57)32-58-30-43(31-58)38-10-12-40(13-11-38)49-46(39-8-6-5-7-9-39)20-16-42-26-45(61)19-21-47(42)49/h5-15,17-19,21,26,34,37,43,46,49,61-62H,16,20,22-25,27-32H2,1-4H3/t34-,46+,49-/m0/s1. The SMILES string of the molecule is Cc1sc2c(c1C)C(c1ccc(N3CC(CN4CCC(O)(CN5CC(c6ccc([C@@H]7c8ccc(O)cc8CC[C@@H]7c7ccccc7)cc6)C5)CC4)C3)cc1)=N[C@@H](C)c1nnc(C)n1-2. The van der Waals surface area contributed by atoms with Crippen LogP contribution in [0.2, 0.25) is 0 Å². The van der Waals surface area contributed by atoms with E-state index in [1.165, 1.54) is 54.5 Å². The van der Waals surface area contributed by atoms with Crippen molar-refractivity contribution in [3.05, 3.63) is 158 Å². The highest BCUT2D eigenvalue weighted by Crippen LogP contribution is 2.47. The zero-order valence-electron chi connectivity index (χ0n) is 37.0. The number of aryl methyl sites for hydroxylation is 3. The van der Waals surface area contributed by atoms with Crippen LogP contribution >= 0.6 is 11.3 Å². The van der Waals surface area contributed by atoms with Crippen LogP contribution in [0.4, 0.5) is 5.69 Å². The minimum Gasteiger partial charge on any atom is -0.508 e. The van der Waals surface area contributed by atoms with Gasteiger partial charge in [0.05, 0.1) is 11.3 Å². The summed E-state index contributed by atoms with van der Waals surface area (Å²) in [5, 5.41) is 32.1. The average Bonchev–Trinajstić information content (AvgIpc) is 3.76. The first-order chi connectivity index (χ1) is 30.6. The third-order valence-corrected chi connectivity index (χ3v) is 16.4. The molecule has 0 saturated carbocycles. The number of phenolic OH excluding ortho intramolecular Hbond substituents is 1. The van der Waals surface area contributed by atoms with Gasteiger partial charge in [-0.1, -0.05) is 72.8 Å². The molecule has 0 amide bonds. The molecular formula is C53H59N7O2S. The van der Waals surface area contributed by atoms with Gasteiger partial charge in [0.2, 0.25) is 0 Å². The van der Waals surface area contributed by atoms with Crippen molar-refractivity contribution in [1.29, 1.82) is 0 Å². The molecule has 6 heterocycles. The third-order valence-electron chi connectivity index (χ3n) is 15.2. The number of nitrogens with zero attached hydrogens (tertiary/aromatic N) is 7. The maximum atomic E-state index is 11.7. The lowest BCUT2D eigenvalue weighted by molar-refractivity contribution is -0.0620. The van der Waals surface area contributed by atoms with Crippen molar-refractivity contribution >= 4 is 22.7 Å². The number of hydrogen-bond donors (Lipinski definition) is 2. The summed E-state index contributed by atoms with van der Waals surface area (Å²) >= 11 is 1.80. The largest absolute Gasteiger partial charge is 0.508 e. The molecule has 11 rings (SSSR count). The molecule has 1 aliphatic carbocycles. The van der Waals surface area contributed by atoms with Crippen molar-refractivity contribution in [2.75, 3.05) is 57.3 Å². The molecule has 10 heteroatoms. The first kappa shape index (κ1) is 40.6. The monoisotopic (exact) mass is 857 g/mol. The number of aliphatic hydroxyl groups is 1. The fourth-order valence-electron chi connectivity index (χ4n) is 11.5. The van der Waals surface area contributed by atoms with Crippen LogP contribution in [-0.4, -0.2) is 98.4 Å². The molecule has 9 nitrogen and oxygen atoms in total. The van der Waals surface area contributed by atoms with Crippen LogP contribution < -0.4 is 4.90 Å². The van der Waals surface area contributed by atoms with E-state index in [2.05, 4.69) is 135 Å². The molecule has 63 heavy (non-hydrogen) atoms. The average molecular weight is 858 g/mol. The number of phenols is 1. The maximum absolute atomic E-state index is 11.7. The molecule has 2 aromatic heterocycles. The first-order valence-corrected chi connectivity index (χ1v) is 24.0. The molecule has 4 aromatic carbocycles. The van der Waals surface area contributed by atoms with Crippen molar-refractivity contribution in [3.8, 4) is 10.8 Å². The summed E-state index contributed by atoms with van der Waals surface area (Å²) in [5.74, 6) is 3.99. The number of anilines is 1. The van der Waals surface area contributed by atoms with Gasteiger partial charge < -0.3 is 20.0 Å². The number of β-amino-alcohol motifs (C(OH)–C–C–N with tert-alkyl or cyclic N) is 1. The summed E-state index contributed by atoms with van der Waals surface area (Å²) in [5.41, 5.74) is 12.1. The Morgan fingerprint density at radius 1 is 0.794 bits per heavy atom. The highest BCUT2D eigenvalue weighted by atomic mass is 32.1. The van der Waals surface area contributed by atoms with E-state index in [4.69, 9.17) is 4.99 Å². The minimum absolute atomic E-state index is 0.0841. The van der Waals surface area contributed by atoms with E-state index < -0.39 is 5.60 Å². The van der Waals surface area contributed by atoms with Crippen LogP contribution in [0.25, 0.3) is 5.00 Å². The summed E-state index contributed by atoms with van der Waals surface area (Å²) < 4.78 is 2.20. The molecule has 324 valence electrons. The van der Waals surface area contributed by atoms with Crippen molar-refractivity contribution in [2.24, 2.45) is 10.9 Å². The Morgan fingerprint density at radius 2 is 1.52 bits per heavy atom. The van der Waals surface area contributed by atoms with Crippen LogP contribution in [0.15, 0.2) is 102 Å². The van der Waals surface area contributed by atoms with Gasteiger partial charge in [-0.3, -0.25) is 14.5 Å². The second-order valence-electron chi connectivity index (χ2n) is 19.4. The van der Waals surface area contributed by atoms with Gasteiger partial charge in [-0.25, -0.2) is 0 Å². The van der Waals surface area contributed by atoms with E-state index in [9.17, 15) is 10.2 Å². The van der Waals surface area contributed by atoms with Gasteiger partial charge in [0.1, 0.15) is 22.6 Å². The topological polar surface area (TPSA) is 93.2 Å². The zero-order valence-corrected chi connectivity index (χ0v) is 37.9. The number of rotatable bonds is 9. The van der Waals surface area contributed by atoms with E-state index in [-0.39, 0.29) is 12.0 Å². The first-order valence-electron chi connectivity index (χ1n) is 23.2. The molecule has 5 aliphatic rings. The van der Waals surface area contributed by atoms with Gasteiger partial charge in [0.15, 0.2) is 5.82 Å². The quantitative estimate of drug-likeness (QED) is 0.150. The summed E-state index contributed by atoms with van der Waals surface area (Å²) in [7, 11) is 0. The molecule has 0 radical (unpaired) electrons. The maximum Gasteiger partial charge on any atom is 0.162 e. The second kappa shape index (κ2) is 16.1. The highest BCUT2D eigenvalue weighted by Gasteiger charge is 2.40. The van der Waals surface area contributed by atoms with Gasteiger partial charge in [-0.2, -0.15) is 0 Å². The number of piperidine rings is 1. The van der Waals surface area contributed by atoms with Crippen LogP contribution in [-0.2, 0) is 6.42 Å². The Labute approximate surface area is 375 Å². The van der Waals surface area contributed by atoms with Crippen LogP contribution in [0.5, 0.6) is 5.75 Å². The van der Waals surface area contributed by atoms with Crippen LogP contribution in [0.3, 0.4) is 0 Å². The summed E-state index contributed by atoms with van der Waals surface area (Å²) in [6, 6.07) is 35.3. The Balaban J connectivity index is 0.658. The van der Waals surface area contributed by atoms with Gasteiger partial charge in [-0.05, 0) is 117 Å². The highest BCUT2D eigenvalue weighted by molar-refractivity contribution is 7.15. The smallest absolute Gasteiger partial charge is 0.162 e. The van der Waals surface area contributed by atoms with E-state index in [0.29, 0.717) is 23.5 Å². The number of fused-ring (bicyclic) bond motifs is 4. The Bertz CT molecular complexity index is 2650. The lowest BCUT2D eigenvalue weighted by atomic mass is 9.69. The molecule has 4 aliphatic heterocycles. The molecule has 3 atom stereocenters. The molecule has 2 N–H and O–H groups in total. The number of likely N-dealkylation sites (tertiary alicyclic amines) is 2. The molecule has 0 unspecified atom stereocenters. The number of aromatic nitrogens is 3. The van der Waals surface area contributed by atoms with Gasteiger partial charge in [0.25, 0.3) is 0 Å². The summed E-state index contributed by atoms with van der Waals surface area (Å²) in [6.07, 6.45) is 3.74. The second-order valence-corrected chi connectivity index (χ2v) is 20.6. The number of hydrogen-bond acceptors (Lipinski definition) is 9. The molecular weight excluding hydrogens is 799 g/mol. The van der Waals surface area contributed by atoms with E-state index in [0.717, 1.165) is 101 Å². The van der Waals surface area contributed by atoms with Gasteiger partial charge in [0, 0.05) is 91.8 Å². The molecule has 0 bridgehead atoms. The molecule has 3 fully saturated rings. The zero-order chi connectivity index (χ0) is 43.0. The number of aromatic hydroxyl groups is 1.